The molecule has 0 bridgehead atoms. The van der Waals surface area contributed by atoms with Crippen LogP contribution in [0.1, 0.15) is 17.1 Å². The molecule has 2 aromatic heterocycles. The van der Waals surface area contributed by atoms with Crippen molar-refractivity contribution in [2.24, 2.45) is 7.05 Å². The second-order valence-electron chi connectivity index (χ2n) is 3.49. The van der Waals surface area contributed by atoms with E-state index in [1.165, 1.54) is 0 Å². The number of hydrogen-bond acceptors (Lipinski definition) is 2. The smallest absolute Gasteiger partial charge is 0.140 e. The van der Waals surface area contributed by atoms with Crippen molar-refractivity contribution >= 4 is 11.6 Å². The Hall–Kier alpha value is -1.29. The molecule has 0 unspecified atom stereocenters. The number of alkyl halides is 1. The number of nitrogens with zero attached hydrogens (tertiary/aromatic N) is 4. The highest BCUT2D eigenvalue weighted by Gasteiger charge is 2.14. The first-order valence-electron chi connectivity index (χ1n) is 4.74. The van der Waals surface area contributed by atoms with Crippen LogP contribution in [0.3, 0.4) is 0 Å². The Morgan fingerprint density at radius 3 is 2.67 bits per heavy atom. The molecule has 0 spiro atoms. The molecule has 0 atom stereocenters. The van der Waals surface area contributed by atoms with Gasteiger partial charge in [-0.1, -0.05) is 0 Å². The first kappa shape index (κ1) is 10.2. The second kappa shape index (κ2) is 3.70. The molecular formula is C10H13ClN4. The molecule has 4 nitrogen and oxygen atoms in total. The summed E-state index contributed by atoms with van der Waals surface area (Å²) in [4.78, 5) is 4.20. The van der Waals surface area contributed by atoms with Crippen LogP contribution in [-0.2, 0) is 12.9 Å². The zero-order chi connectivity index (χ0) is 11.0. The van der Waals surface area contributed by atoms with Crippen LogP contribution in [0.5, 0.6) is 0 Å². The number of hydrogen-bond donors (Lipinski definition) is 0. The number of aryl methyl sites for hydroxylation is 3. The molecule has 0 aromatic carbocycles. The Balaban J connectivity index is 2.67. The van der Waals surface area contributed by atoms with Crippen molar-refractivity contribution in [2.75, 3.05) is 0 Å². The molecule has 0 saturated carbocycles. The molecule has 0 aliphatic heterocycles. The zero-order valence-corrected chi connectivity index (χ0v) is 9.78. The van der Waals surface area contributed by atoms with E-state index in [0.29, 0.717) is 5.88 Å². The van der Waals surface area contributed by atoms with Gasteiger partial charge in [0.2, 0.25) is 0 Å². The number of imidazole rings is 1. The highest BCUT2D eigenvalue weighted by molar-refractivity contribution is 6.17. The molecule has 0 N–H and O–H groups in total. The quantitative estimate of drug-likeness (QED) is 0.732. The standard InChI is InChI=1S/C10H13ClN4/c1-7-9(6-11)10(14(3)13-7)15-5-4-12-8(15)2/h4-5H,6H2,1-3H3. The van der Waals surface area contributed by atoms with Gasteiger partial charge in [-0.25, -0.2) is 4.98 Å². The lowest BCUT2D eigenvalue weighted by Gasteiger charge is -2.07. The van der Waals surface area contributed by atoms with Crippen LogP contribution in [0, 0.1) is 13.8 Å². The molecule has 0 radical (unpaired) electrons. The van der Waals surface area contributed by atoms with Gasteiger partial charge in [0, 0.05) is 25.0 Å². The maximum atomic E-state index is 5.93. The summed E-state index contributed by atoms with van der Waals surface area (Å²) in [6.07, 6.45) is 3.69. The molecular weight excluding hydrogens is 212 g/mol. The number of aromatic nitrogens is 4. The van der Waals surface area contributed by atoms with Gasteiger partial charge in [-0.3, -0.25) is 9.25 Å². The van der Waals surface area contributed by atoms with Gasteiger partial charge in [-0.2, -0.15) is 5.10 Å². The third kappa shape index (κ3) is 1.55. The molecule has 80 valence electrons. The summed E-state index contributed by atoms with van der Waals surface area (Å²) in [6.45, 7) is 3.92. The average Bonchev–Trinajstić information content (AvgIpc) is 2.70. The van der Waals surface area contributed by atoms with Crippen molar-refractivity contribution < 1.29 is 0 Å². The highest BCUT2D eigenvalue weighted by atomic mass is 35.5. The van der Waals surface area contributed by atoms with Crippen molar-refractivity contribution in [3.63, 3.8) is 0 Å². The van der Waals surface area contributed by atoms with E-state index < -0.39 is 0 Å². The number of rotatable bonds is 2. The van der Waals surface area contributed by atoms with Gasteiger partial charge in [-0.05, 0) is 13.8 Å². The fraction of sp³-hybridized carbons (Fsp3) is 0.400. The summed E-state index contributed by atoms with van der Waals surface area (Å²) in [6, 6.07) is 0. The molecule has 0 fully saturated rings. The molecule has 2 aromatic rings. The Bertz CT molecular complexity index is 484. The Labute approximate surface area is 93.5 Å². The van der Waals surface area contributed by atoms with Crippen LogP contribution in [0.4, 0.5) is 0 Å². The van der Waals surface area contributed by atoms with Crippen LogP contribution < -0.4 is 0 Å². The third-order valence-electron chi connectivity index (χ3n) is 2.50. The first-order chi connectivity index (χ1) is 7.15. The zero-order valence-electron chi connectivity index (χ0n) is 9.03. The van der Waals surface area contributed by atoms with Gasteiger partial charge in [0.05, 0.1) is 11.6 Å². The number of halogens is 1. The van der Waals surface area contributed by atoms with E-state index in [9.17, 15) is 0 Å². The fourth-order valence-corrected chi connectivity index (χ4v) is 2.06. The molecule has 0 aliphatic carbocycles. The van der Waals surface area contributed by atoms with Crippen LogP contribution in [0.15, 0.2) is 12.4 Å². The molecule has 0 aliphatic rings. The lowest BCUT2D eigenvalue weighted by atomic mass is 10.3. The van der Waals surface area contributed by atoms with Crippen molar-refractivity contribution in [3.8, 4) is 5.82 Å². The SMILES string of the molecule is Cc1nn(C)c(-n2ccnc2C)c1CCl. The van der Waals surface area contributed by atoms with Gasteiger partial charge < -0.3 is 0 Å². The van der Waals surface area contributed by atoms with E-state index in [-0.39, 0.29) is 0 Å². The molecule has 2 heterocycles. The normalized spacial score (nSPS) is 10.9. The molecule has 5 heteroatoms. The third-order valence-corrected chi connectivity index (χ3v) is 2.77. The topological polar surface area (TPSA) is 35.6 Å². The van der Waals surface area contributed by atoms with E-state index >= 15 is 0 Å². The van der Waals surface area contributed by atoms with E-state index in [1.807, 2.05) is 36.3 Å². The fourth-order valence-electron chi connectivity index (χ4n) is 1.75. The minimum Gasteiger partial charge on any atom is -0.288 e. The predicted octanol–water partition coefficient (Wildman–Crippen LogP) is 1.96. The minimum atomic E-state index is 0.465. The monoisotopic (exact) mass is 224 g/mol. The Kier molecular flexibility index (Phi) is 2.52. The predicted molar refractivity (Wildman–Crippen MR) is 59.4 cm³/mol. The summed E-state index contributed by atoms with van der Waals surface area (Å²) >= 11 is 5.93. The van der Waals surface area contributed by atoms with Crippen LogP contribution in [0.2, 0.25) is 0 Å². The van der Waals surface area contributed by atoms with E-state index in [4.69, 9.17) is 11.6 Å². The Morgan fingerprint density at radius 1 is 1.40 bits per heavy atom. The van der Waals surface area contributed by atoms with Crippen molar-refractivity contribution in [3.05, 3.63) is 29.5 Å². The summed E-state index contributed by atoms with van der Waals surface area (Å²) < 4.78 is 3.83. The van der Waals surface area contributed by atoms with Crippen LogP contribution in [-0.4, -0.2) is 19.3 Å². The second-order valence-corrected chi connectivity index (χ2v) is 3.76. The molecule has 0 amide bonds. The van der Waals surface area contributed by atoms with Crippen molar-refractivity contribution in [1.82, 2.24) is 19.3 Å². The Morgan fingerprint density at radius 2 is 2.13 bits per heavy atom. The summed E-state index contributed by atoms with van der Waals surface area (Å²) in [5, 5.41) is 4.36. The highest BCUT2D eigenvalue weighted by Crippen LogP contribution is 2.20. The van der Waals surface area contributed by atoms with Gasteiger partial charge in [-0.15, -0.1) is 11.6 Å². The minimum absolute atomic E-state index is 0.465. The van der Waals surface area contributed by atoms with Gasteiger partial charge in [0.1, 0.15) is 11.6 Å². The maximum Gasteiger partial charge on any atom is 0.140 e. The summed E-state index contributed by atoms with van der Waals surface area (Å²) in [7, 11) is 1.91. The van der Waals surface area contributed by atoms with Gasteiger partial charge in [0.25, 0.3) is 0 Å². The van der Waals surface area contributed by atoms with Crippen molar-refractivity contribution in [2.45, 2.75) is 19.7 Å². The summed E-state index contributed by atoms with van der Waals surface area (Å²) in [5.74, 6) is 2.40. The van der Waals surface area contributed by atoms with Gasteiger partial charge >= 0.3 is 0 Å². The summed E-state index contributed by atoms with van der Waals surface area (Å²) in [5.41, 5.74) is 2.02. The first-order valence-corrected chi connectivity index (χ1v) is 5.27. The van der Waals surface area contributed by atoms with E-state index in [2.05, 4.69) is 10.1 Å². The van der Waals surface area contributed by atoms with Crippen LogP contribution in [0.25, 0.3) is 5.82 Å². The van der Waals surface area contributed by atoms with Gasteiger partial charge in [0.15, 0.2) is 0 Å². The van der Waals surface area contributed by atoms with E-state index in [0.717, 1.165) is 22.9 Å². The molecule has 15 heavy (non-hydrogen) atoms. The van der Waals surface area contributed by atoms with Crippen LogP contribution >= 0.6 is 11.6 Å². The molecule has 0 saturated heterocycles. The largest absolute Gasteiger partial charge is 0.288 e. The average molecular weight is 225 g/mol. The van der Waals surface area contributed by atoms with E-state index in [1.54, 1.807) is 6.20 Å². The lowest BCUT2D eigenvalue weighted by molar-refractivity contribution is 0.714. The maximum absolute atomic E-state index is 5.93. The lowest BCUT2D eigenvalue weighted by Crippen LogP contribution is -2.05. The molecule has 2 rings (SSSR count). The van der Waals surface area contributed by atoms with Crippen molar-refractivity contribution in [1.29, 1.82) is 0 Å².